The van der Waals surface area contributed by atoms with Crippen LogP contribution >= 0.6 is 0 Å². The van der Waals surface area contributed by atoms with Crippen molar-refractivity contribution in [3.63, 3.8) is 0 Å². The maximum atomic E-state index is 12.1. The van der Waals surface area contributed by atoms with Gasteiger partial charge in [-0.05, 0) is 39.0 Å². The van der Waals surface area contributed by atoms with E-state index in [4.69, 9.17) is 0 Å². The third-order valence-electron chi connectivity index (χ3n) is 3.93. The summed E-state index contributed by atoms with van der Waals surface area (Å²) in [5, 5.41) is 9.83. The van der Waals surface area contributed by atoms with Crippen LogP contribution in [0.25, 0.3) is 0 Å². The molecule has 0 fully saturated rings. The molecule has 2 N–H and O–H groups in total. The van der Waals surface area contributed by atoms with Gasteiger partial charge < -0.3 is 15.5 Å². The second-order valence-electron chi connectivity index (χ2n) is 6.48. The minimum Gasteiger partial charge on any atom is -0.351 e. The van der Waals surface area contributed by atoms with E-state index in [9.17, 15) is 9.59 Å². The van der Waals surface area contributed by atoms with Gasteiger partial charge in [-0.15, -0.1) is 0 Å². The van der Waals surface area contributed by atoms with E-state index >= 15 is 0 Å². The van der Waals surface area contributed by atoms with E-state index < -0.39 is 0 Å². The van der Waals surface area contributed by atoms with Crippen LogP contribution in [0.4, 0.5) is 5.82 Å². The molecule has 0 radical (unpaired) electrons. The quantitative estimate of drug-likeness (QED) is 0.669. The average Bonchev–Trinajstić information content (AvgIpc) is 2.98. The molecule has 140 valence electrons. The molecule has 7 heteroatoms. The number of anilines is 1. The minimum atomic E-state index is -0.232. The molecular formula is C19H27N5O2. The summed E-state index contributed by atoms with van der Waals surface area (Å²) in [7, 11) is 5.69. The summed E-state index contributed by atoms with van der Waals surface area (Å²) in [6.45, 7) is 1.50. The van der Waals surface area contributed by atoms with Crippen LogP contribution in [0.5, 0.6) is 0 Å². The maximum Gasteiger partial charge on any atom is 0.271 e. The van der Waals surface area contributed by atoms with E-state index in [1.54, 1.807) is 13.1 Å². The summed E-state index contributed by atoms with van der Waals surface area (Å²) in [6, 6.07) is 11.5. The highest BCUT2D eigenvalue weighted by Gasteiger charge is 2.14. The fourth-order valence-electron chi connectivity index (χ4n) is 2.49. The number of hydrogen-bond donors (Lipinski definition) is 2. The second kappa shape index (κ2) is 9.72. The average molecular weight is 357 g/mol. The lowest BCUT2D eigenvalue weighted by Gasteiger charge is -2.09. The largest absolute Gasteiger partial charge is 0.351 e. The molecule has 0 unspecified atom stereocenters. The van der Waals surface area contributed by atoms with Crippen molar-refractivity contribution in [2.75, 3.05) is 32.5 Å². The number of benzene rings is 1. The molecule has 26 heavy (non-hydrogen) atoms. The van der Waals surface area contributed by atoms with Gasteiger partial charge >= 0.3 is 0 Å². The molecule has 1 aromatic heterocycles. The number of hydrogen-bond acceptors (Lipinski definition) is 4. The molecule has 0 aliphatic heterocycles. The van der Waals surface area contributed by atoms with Crippen LogP contribution in [0.15, 0.2) is 36.4 Å². The Morgan fingerprint density at radius 1 is 1.19 bits per heavy atom. The van der Waals surface area contributed by atoms with Crippen LogP contribution in [0, 0.1) is 0 Å². The Morgan fingerprint density at radius 2 is 1.92 bits per heavy atom. The highest BCUT2D eigenvalue weighted by atomic mass is 16.2. The molecule has 1 aromatic carbocycles. The lowest BCUT2D eigenvalue weighted by atomic mass is 10.1. The van der Waals surface area contributed by atoms with Crippen molar-refractivity contribution in [2.24, 2.45) is 7.05 Å². The smallest absolute Gasteiger partial charge is 0.271 e. The third-order valence-corrected chi connectivity index (χ3v) is 3.93. The molecule has 2 rings (SSSR count). The van der Waals surface area contributed by atoms with Crippen LogP contribution in [0.3, 0.4) is 0 Å². The summed E-state index contributed by atoms with van der Waals surface area (Å²) in [5.74, 6) is 0.181. The maximum absolute atomic E-state index is 12.1. The molecular weight excluding hydrogens is 330 g/mol. The summed E-state index contributed by atoms with van der Waals surface area (Å²) in [5.41, 5.74) is 1.42. The van der Waals surface area contributed by atoms with E-state index in [0.717, 1.165) is 18.5 Å². The topological polar surface area (TPSA) is 79.3 Å². The van der Waals surface area contributed by atoms with E-state index in [-0.39, 0.29) is 11.8 Å². The van der Waals surface area contributed by atoms with Crippen LogP contribution < -0.4 is 10.6 Å². The normalized spacial score (nSPS) is 10.8. The predicted octanol–water partition coefficient (Wildman–Crippen LogP) is 1.67. The summed E-state index contributed by atoms with van der Waals surface area (Å²) in [6.07, 6.45) is 1.92. The van der Waals surface area contributed by atoms with Gasteiger partial charge in [0.2, 0.25) is 5.91 Å². The Balaban J connectivity index is 1.82. The van der Waals surface area contributed by atoms with Gasteiger partial charge in [-0.2, -0.15) is 5.10 Å². The van der Waals surface area contributed by atoms with Crippen molar-refractivity contribution >= 4 is 17.6 Å². The first kappa shape index (κ1) is 19.7. The predicted molar refractivity (Wildman–Crippen MR) is 102 cm³/mol. The Kier molecular flexibility index (Phi) is 7.35. The minimum absolute atomic E-state index is 0.102. The molecule has 0 bridgehead atoms. The SMILES string of the molecule is CN(C)CCCNC(=O)c1cc(NC(=O)CCc2ccccc2)n(C)n1. The van der Waals surface area contributed by atoms with Gasteiger partial charge in [-0.25, -0.2) is 0 Å². The van der Waals surface area contributed by atoms with E-state index in [0.29, 0.717) is 30.9 Å². The van der Waals surface area contributed by atoms with Crippen LogP contribution in [-0.4, -0.2) is 53.7 Å². The van der Waals surface area contributed by atoms with E-state index in [1.807, 2.05) is 44.4 Å². The number of amides is 2. The van der Waals surface area contributed by atoms with Gasteiger partial charge in [0.25, 0.3) is 5.91 Å². The number of nitrogens with one attached hydrogen (secondary N) is 2. The Morgan fingerprint density at radius 3 is 2.62 bits per heavy atom. The molecule has 0 saturated carbocycles. The molecule has 0 atom stereocenters. The van der Waals surface area contributed by atoms with E-state index in [2.05, 4.69) is 20.6 Å². The van der Waals surface area contributed by atoms with Gasteiger partial charge in [0.05, 0.1) is 0 Å². The zero-order valence-electron chi connectivity index (χ0n) is 15.7. The summed E-state index contributed by atoms with van der Waals surface area (Å²) in [4.78, 5) is 26.3. The molecule has 0 spiro atoms. The molecule has 0 aliphatic rings. The first-order valence-corrected chi connectivity index (χ1v) is 8.76. The number of carbonyl (C=O) groups excluding carboxylic acids is 2. The standard InChI is InChI=1S/C19H27N5O2/c1-23(2)13-7-12-20-19(26)16-14-17(24(3)22-16)21-18(25)11-10-15-8-5-4-6-9-15/h4-6,8-9,14H,7,10-13H2,1-3H3,(H,20,26)(H,21,25). The van der Waals surface area contributed by atoms with E-state index in [1.165, 1.54) is 4.68 Å². The van der Waals surface area contributed by atoms with Gasteiger partial charge in [-0.3, -0.25) is 14.3 Å². The van der Waals surface area contributed by atoms with Crippen molar-refractivity contribution in [1.82, 2.24) is 20.0 Å². The molecule has 2 amide bonds. The first-order chi connectivity index (χ1) is 12.5. The molecule has 7 nitrogen and oxygen atoms in total. The fourth-order valence-corrected chi connectivity index (χ4v) is 2.49. The number of aryl methyl sites for hydroxylation is 2. The fraction of sp³-hybridized carbons (Fsp3) is 0.421. The van der Waals surface area contributed by atoms with Gasteiger partial charge in [0, 0.05) is 26.1 Å². The number of nitrogens with zero attached hydrogens (tertiary/aromatic N) is 3. The molecule has 1 heterocycles. The zero-order valence-corrected chi connectivity index (χ0v) is 15.7. The van der Waals surface area contributed by atoms with Crippen molar-refractivity contribution in [1.29, 1.82) is 0 Å². The number of carbonyl (C=O) groups is 2. The van der Waals surface area contributed by atoms with Gasteiger partial charge in [0.15, 0.2) is 5.69 Å². The highest BCUT2D eigenvalue weighted by molar-refractivity contribution is 5.95. The first-order valence-electron chi connectivity index (χ1n) is 8.76. The van der Waals surface area contributed by atoms with Crippen LogP contribution in [0.1, 0.15) is 28.9 Å². The third kappa shape index (κ3) is 6.33. The Labute approximate surface area is 154 Å². The summed E-state index contributed by atoms with van der Waals surface area (Å²) >= 11 is 0. The molecule has 0 saturated heterocycles. The highest BCUT2D eigenvalue weighted by Crippen LogP contribution is 2.11. The lowest BCUT2D eigenvalue weighted by molar-refractivity contribution is -0.116. The lowest BCUT2D eigenvalue weighted by Crippen LogP contribution is -2.27. The number of rotatable bonds is 9. The monoisotopic (exact) mass is 357 g/mol. The zero-order chi connectivity index (χ0) is 18.9. The Bertz CT molecular complexity index is 725. The van der Waals surface area contributed by atoms with Crippen LogP contribution in [-0.2, 0) is 18.3 Å². The van der Waals surface area contributed by atoms with Crippen molar-refractivity contribution < 1.29 is 9.59 Å². The molecule has 0 aliphatic carbocycles. The van der Waals surface area contributed by atoms with Gasteiger partial charge in [0.1, 0.15) is 5.82 Å². The van der Waals surface area contributed by atoms with Crippen molar-refractivity contribution in [3.05, 3.63) is 47.7 Å². The number of aromatic nitrogens is 2. The second-order valence-corrected chi connectivity index (χ2v) is 6.48. The van der Waals surface area contributed by atoms with Crippen LogP contribution in [0.2, 0.25) is 0 Å². The Hall–Kier alpha value is -2.67. The van der Waals surface area contributed by atoms with Crippen molar-refractivity contribution in [3.8, 4) is 0 Å². The summed E-state index contributed by atoms with van der Waals surface area (Å²) < 4.78 is 1.51. The molecule has 2 aromatic rings. The van der Waals surface area contributed by atoms with Crippen molar-refractivity contribution in [2.45, 2.75) is 19.3 Å². The van der Waals surface area contributed by atoms with Gasteiger partial charge in [-0.1, -0.05) is 30.3 Å².